The van der Waals surface area contributed by atoms with Crippen molar-refractivity contribution in [1.82, 2.24) is 15.6 Å². The number of hydrogen-bond donors (Lipinski definition) is 2. The zero-order valence-electron chi connectivity index (χ0n) is 12.9. The second-order valence-corrected chi connectivity index (χ2v) is 5.98. The van der Waals surface area contributed by atoms with E-state index in [-0.39, 0.29) is 0 Å². The molecule has 3 amide bonds. The van der Waals surface area contributed by atoms with Crippen molar-refractivity contribution in [2.45, 2.75) is 10.5 Å². The minimum atomic E-state index is -0.656. The summed E-state index contributed by atoms with van der Waals surface area (Å²) in [5, 5.41) is 4.39. The highest BCUT2D eigenvalue weighted by Gasteiger charge is 2.25. The number of nitrogens with zero attached hydrogens (tertiary/aromatic N) is 1. The maximum atomic E-state index is 12.5. The molecule has 0 bridgehead atoms. The van der Waals surface area contributed by atoms with Crippen LogP contribution in [0.25, 0.3) is 11.1 Å². The SMILES string of the molecule is CNC(=O)NC(=O)C(Sc1nc2ccccc2o1)c1ccccc1. The number of amides is 3. The number of benzene rings is 2. The van der Waals surface area contributed by atoms with Gasteiger partial charge >= 0.3 is 6.03 Å². The van der Waals surface area contributed by atoms with Gasteiger partial charge in [0.2, 0.25) is 5.91 Å². The van der Waals surface area contributed by atoms with E-state index in [0.29, 0.717) is 10.8 Å². The molecule has 1 aromatic heterocycles. The fraction of sp³-hybridized carbons (Fsp3) is 0.118. The monoisotopic (exact) mass is 341 g/mol. The normalized spacial score (nSPS) is 11.9. The number of nitrogens with one attached hydrogen (secondary N) is 2. The average molecular weight is 341 g/mol. The molecule has 1 unspecified atom stereocenters. The van der Waals surface area contributed by atoms with Gasteiger partial charge in [-0.15, -0.1) is 0 Å². The van der Waals surface area contributed by atoms with Crippen molar-refractivity contribution in [3.05, 3.63) is 60.2 Å². The second kappa shape index (κ2) is 7.18. The quantitative estimate of drug-likeness (QED) is 0.712. The number of hydrogen-bond acceptors (Lipinski definition) is 5. The third-order valence-corrected chi connectivity index (χ3v) is 4.40. The molecular weight excluding hydrogens is 326 g/mol. The summed E-state index contributed by atoms with van der Waals surface area (Å²) in [6.45, 7) is 0. The fourth-order valence-electron chi connectivity index (χ4n) is 2.14. The van der Waals surface area contributed by atoms with E-state index in [1.807, 2.05) is 54.6 Å². The number of urea groups is 1. The molecule has 0 saturated carbocycles. The van der Waals surface area contributed by atoms with Gasteiger partial charge in [-0.2, -0.15) is 0 Å². The maximum absolute atomic E-state index is 12.5. The van der Waals surface area contributed by atoms with Crippen molar-refractivity contribution in [3.63, 3.8) is 0 Å². The summed E-state index contributed by atoms with van der Waals surface area (Å²) in [7, 11) is 1.45. The summed E-state index contributed by atoms with van der Waals surface area (Å²) < 4.78 is 5.67. The molecule has 24 heavy (non-hydrogen) atoms. The van der Waals surface area contributed by atoms with Crippen molar-refractivity contribution in [2.24, 2.45) is 0 Å². The zero-order valence-corrected chi connectivity index (χ0v) is 13.7. The Balaban J connectivity index is 1.89. The molecule has 3 rings (SSSR count). The molecule has 0 spiro atoms. The lowest BCUT2D eigenvalue weighted by atomic mass is 10.1. The smallest absolute Gasteiger partial charge is 0.321 e. The molecule has 1 heterocycles. The zero-order chi connectivity index (χ0) is 16.9. The highest BCUT2D eigenvalue weighted by atomic mass is 32.2. The van der Waals surface area contributed by atoms with Crippen LogP contribution in [0, 0.1) is 0 Å². The van der Waals surface area contributed by atoms with Crippen molar-refractivity contribution >= 4 is 34.8 Å². The summed E-state index contributed by atoms with van der Waals surface area (Å²) in [6.07, 6.45) is 0. The summed E-state index contributed by atoms with van der Waals surface area (Å²) in [5.41, 5.74) is 2.13. The molecule has 0 aliphatic rings. The Kier molecular flexibility index (Phi) is 4.81. The maximum Gasteiger partial charge on any atom is 0.321 e. The molecule has 7 heteroatoms. The molecule has 1 atom stereocenters. The molecule has 0 aliphatic carbocycles. The predicted octanol–water partition coefficient (Wildman–Crippen LogP) is 3.12. The predicted molar refractivity (Wildman–Crippen MR) is 91.6 cm³/mol. The first-order chi connectivity index (χ1) is 11.7. The highest BCUT2D eigenvalue weighted by molar-refractivity contribution is 8.00. The third-order valence-electron chi connectivity index (χ3n) is 3.30. The van der Waals surface area contributed by atoms with Crippen LogP contribution in [0.2, 0.25) is 0 Å². The third kappa shape index (κ3) is 3.57. The Labute approximate surface area is 142 Å². The number of oxazole rings is 1. The lowest BCUT2D eigenvalue weighted by molar-refractivity contribution is -0.119. The van der Waals surface area contributed by atoms with Gasteiger partial charge in [0, 0.05) is 7.05 Å². The van der Waals surface area contributed by atoms with Crippen molar-refractivity contribution in [1.29, 1.82) is 0 Å². The molecule has 0 aliphatic heterocycles. The fourth-order valence-corrected chi connectivity index (χ4v) is 3.09. The number of fused-ring (bicyclic) bond motifs is 1. The summed E-state index contributed by atoms with van der Waals surface area (Å²) in [5.74, 6) is -0.437. The largest absolute Gasteiger partial charge is 0.431 e. The van der Waals surface area contributed by atoms with E-state index in [0.717, 1.165) is 22.8 Å². The lowest BCUT2D eigenvalue weighted by Crippen LogP contribution is -2.39. The van der Waals surface area contributed by atoms with Crippen molar-refractivity contribution in [3.8, 4) is 0 Å². The minimum Gasteiger partial charge on any atom is -0.431 e. The second-order valence-electron chi connectivity index (χ2n) is 4.92. The number of thioether (sulfide) groups is 1. The number of carbonyl (C=O) groups excluding carboxylic acids is 2. The van der Waals surface area contributed by atoms with Crippen LogP contribution in [0.1, 0.15) is 10.8 Å². The van der Waals surface area contributed by atoms with Gasteiger partial charge in [-0.3, -0.25) is 10.1 Å². The van der Waals surface area contributed by atoms with Gasteiger partial charge in [-0.05, 0) is 29.5 Å². The van der Waals surface area contributed by atoms with E-state index >= 15 is 0 Å². The van der Waals surface area contributed by atoms with E-state index in [4.69, 9.17) is 4.42 Å². The lowest BCUT2D eigenvalue weighted by Gasteiger charge is -2.14. The Morgan fingerprint density at radius 3 is 2.50 bits per heavy atom. The number of para-hydroxylation sites is 2. The van der Waals surface area contributed by atoms with Gasteiger partial charge in [0.05, 0.1) is 0 Å². The van der Waals surface area contributed by atoms with E-state index in [1.165, 1.54) is 7.05 Å². The molecule has 2 N–H and O–H groups in total. The van der Waals surface area contributed by atoms with E-state index in [1.54, 1.807) is 0 Å². The van der Waals surface area contributed by atoms with E-state index < -0.39 is 17.2 Å². The standard InChI is InChI=1S/C17H15N3O3S/c1-18-16(22)20-15(21)14(11-7-3-2-4-8-11)24-17-19-12-9-5-6-10-13(12)23-17/h2-10,14H,1H3,(H2,18,20,21,22). The van der Waals surface area contributed by atoms with Gasteiger partial charge in [0.25, 0.3) is 5.22 Å². The van der Waals surface area contributed by atoms with E-state index in [9.17, 15) is 9.59 Å². The van der Waals surface area contributed by atoms with Gasteiger partial charge in [-0.25, -0.2) is 9.78 Å². The summed E-state index contributed by atoms with van der Waals surface area (Å²) in [4.78, 5) is 28.3. The van der Waals surface area contributed by atoms with Crippen LogP contribution in [0.4, 0.5) is 4.79 Å². The Morgan fingerprint density at radius 1 is 1.08 bits per heavy atom. The molecular formula is C17H15N3O3S. The van der Waals surface area contributed by atoms with Gasteiger partial charge in [-0.1, -0.05) is 42.5 Å². The number of aromatic nitrogens is 1. The topological polar surface area (TPSA) is 84.2 Å². The van der Waals surface area contributed by atoms with Gasteiger partial charge in [0.15, 0.2) is 5.58 Å². The number of rotatable bonds is 4. The molecule has 0 fully saturated rings. The first-order valence-corrected chi connectivity index (χ1v) is 8.15. The number of imide groups is 1. The van der Waals surface area contributed by atoms with Crippen LogP contribution >= 0.6 is 11.8 Å². The summed E-state index contributed by atoms with van der Waals surface area (Å²) in [6, 6.07) is 16.0. The van der Waals surface area contributed by atoms with Crippen molar-refractivity contribution in [2.75, 3.05) is 7.05 Å². The molecule has 3 aromatic rings. The van der Waals surface area contributed by atoms with Crippen LogP contribution in [0.5, 0.6) is 0 Å². The molecule has 2 aromatic carbocycles. The van der Waals surface area contributed by atoms with Gasteiger partial charge < -0.3 is 9.73 Å². The summed E-state index contributed by atoms with van der Waals surface area (Å²) >= 11 is 1.16. The van der Waals surface area contributed by atoms with E-state index in [2.05, 4.69) is 15.6 Å². The highest BCUT2D eigenvalue weighted by Crippen LogP contribution is 2.36. The van der Waals surface area contributed by atoms with Crippen LogP contribution in [-0.4, -0.2) is 24.0 Å². The van der Waals surface area contributed by atoms with Crippen LogP contribution < -0.4 is 10.6 Å². The Morgan fingerprint density at radius 2 is 1.79 bits per heavy atom. The number of carbonyl (C=O) groups is 2. The first-order valence-electron chi connectivity index (χ1n) is 7.27. The molecule has 0 radical (unpaired) electrons. The average Bonchev–Trinajstić information content (AvgIpc) is 3.02. The van der Waals surface area contributed by atoms with Crippen LogP contribution in [-0.2, 0) is 4.79 Å². The Bertz CT molecular complexity index is 831. The first kappa shape index (κ1) is 16.1. The van der Waals surface area contributed by atoms with Crippen LogP contribution in [0.3, 0.4) is 0 Å². The van der Waals surface area contributed by atoms with Crippen molar-refractivity contribution < 1.29 is 14.0 Å². The minimum absolute atomic E-state index is 0.372. The molecule has 6 nitrogen and oxygen atoms in total. The van der Waals surface area contributed by atoms with Crippen LogP contribution in [0.15, 0.2) is 64.2 Å². The Hall–Kier alpha value is -2.80. The molecule has 122 valence electrons. The molecule has 0 saturated heterocycles. The van der Waals surface area contributed by atoms with Gasteiger partial charge in [0.1, 0.15) is 10.8 Å².